The molecule has 0 aliphatic rings. The lowest BCUT2D eigenvalue weighted by atomic mass is 10.2. The highest BCUT2D eigenvalue weighted by molar-refractivity contribution is 5.34. The van der Waals surface area contributed by atoms with Crippen molar-refractivity contribution in [3.05, 3.63) is 22.0 Å². The number of hydrogen-bond acceptors (Lipinski definition) is 5. The molecule has 0 bridgehead atoms. The average Bonchev–Trinajstić information content (AvgIpc) is 2.46. The predicted octanol–water partition coefficient (Wildman–Crippen LogP) is -0.680. The zero-order chi connectivity index (χ0) is 10.0. The van der Waals surface area contributed by atoms with E-state index >= 15 is 0 Å². The molecular formula is C6H10N4O3. The van der Waals surface area contributed by atoms with Gasteiger partial charge in [0.15, 0.2) is 0 Å². The van der Waals surface area contributed by atoms with Crippen molar-refractivity contribution in [3.8, 4) is 0 Å². The third kappa shape index (κ3) is 1.65. The van der Waals surface area contributed by atoms with E-state index in [0.717, 1.165) is 6.20 Å². The predicted molar refractivity (Wildman–Crippen MR) is 43.9 cm³/mol. The second-order valence-electron chi connectivity index (χ2n) is 2.55. The zero-order valence-corrected chi connectivity index (χ0v) is 7.04. The Labute approximate surface area is 73.9 Å². The second kappa shape index (κ2) is 3.50. The number of aryl methyl sites for hydroxylation is 1. The van der Waals surface area contributed by atoms with Gasteiger partial charge in [0.05, 0.1) is 4.92 Å². The van der Waals surface area contributed by atoms with Crippen LogP contribution in [0.1, 0.15) is 11.8 Å². The molecule has 1 aromatic heterocycles. The van der Waals surface area contributed by atoms with E-state index in [9.17, 15) is 15.2 Å². The average molecular weight is 186 g/mol. The molecule has 0 saturated carbocycles. The summed E-state index contributed by atoms with van der Waals surface area (Å²) in [7, 11) is 1.52. The number of nitrogens with zero attached hydrogens (tertiary/aromatic N) is 3. The van der Waals surface area contributed by atoms with E-state index in [2.05, 4.69) is 5.10 Å². The lowest BCUT2D eigenvalue weighted by Crippen LogP contribution is -2.16. The molecule has 0 saturated heterocycles. The molecule has 0 aliphatic carbocycles. The van der Waals surface area contributed by atoms with Crippen molar-refractivity contribution in [2.24, 2.45) is 12.8 Å². The van der Waals surface area contributed by atoms with Crippen LogP contribution in [0.25, 0.3) is 0 Å². The minimum absolute atomic E-state index is 0.0691. The SMILES string of the molecule is Cn1ncc([N+](=O)[O-])c1[C@H](O)CN. The molecule has 13 heavy (non-hydrogen) atoms. The smallest absolute Gasteiger partial charge is 0.312 e. The molecule has 72 valence electrons. The lowest BCUT2D eigenvalue weighted by Gasteiger charge is -2.06. The van der Waals surface area contributed by atoms with E-state index in [1.165, 1.54) is 11.7 Å². The molecule has 0 unspecified atom stereocenters. The van der Waals surface area contributed by atoms with Crippen molar-refractivity contribution in [3.63, 3.8) is 0 Å². The van der Waals surface area contributed by atoms with Crippen LogP contribution in [0.15, 0.2) is 6.20 Å². The van der Waals surface area contributed by atoms with Crippen molar-refractivity contribution in [2.75, 3.05) is 6.54 Å². The fourth-order valence-corrected chi connectivity index (χ4v) is 1.07. The number of nitrogens with two attached hydrogens (primary N) is 1. The van der Waals surface area contributed by atoms with E-state index in [1.54, 1.807) is 0 Å². The number of aromatic nitrogens is 2. The number of aliphatic hydroxyl groups excluding tert-OH is 1. The first-order valence-corrected chi connectivity index (χ1v) is 3.62. The second-order valence-corrected chi connectivity index (χ2v) is 2.55. The molecule has 1 aromatic rings. The Bertz CT molecular complexity index is 322. The Morgan fingerprint density at radius 1 is 1.92 bits per heavy atom. The number of nitro groups is 1. The van der Waals surface area contributed by atoms with Crippen LogP contribution in [-0.2, 0) is 7.05 Å². The first-order chi connectivity index (χ1) is 6.07. The summed E-state index contributed by atoms with van der Waals surface area (Å²) in [6, 6.07) is 0. The maximum absolute atomic E-state index is 10.5. The fourth-order valence-electron chi connectivity index (χ4n) is 1.07. The third-order valence-corrected chi connectivity index (χ3v) is 1.70. The van der Waals surface area contributed by atoms with E-state index in [0.29, 0.717) is 0 Å². The number of hydrogen-bond donors (Lipinski definition) is 2. The van der Waals surface area contributed by atoms with Gasteiger partial charge >= 0.3 is 5.69 Å². The monoisotopic (exact) mass is 186 g/mol. The third-order valence-electron chi connectivity index (χ3n) is 1.70. The summed E-state index contributed by atoms with van der Waals surface area (Å²) in [6.07, 6.45) is 0.0432. The molecule has 1 heterocycles. The Balaban J connectivity index is 3.15. The topological polar surface area (TPSA) is 107 Å². The van der Waals surface area contributed by atoms with Crippen LogP contribution in [0.4, 0.5) is 5.69 Å². The van der Waals surface area contributed by atoms with Crippen molar-refractivity contribution in [2.45, 2.75) is 6.10 Å². The van der Waals surface area contributed by atoms with Gasteiger partial charge in [-0.2, -0.15) is 5.10 Å². The Kier molecular flexibility index (Phi) is 2.59. The van der Waals surface area contributed by atoms with E-state index in [1.807, 2.05) is 0 Å². The summed E-state index contributed by atoms with van der Waals surface area (Å²) in [4.78, 5) is 9.86. The van der Waals surface area contributed by atoms with Crippen LogP contribution in [0.3, 0.4) is 0 Å². The number of rotatable bonds is 3. The van der Waals surface area contributed by atoms with Gasteiger partial charge in [-0.05, 0) is 0 Å². The summed E-state index contributed by atoms with van der Waals surface area (Å²) in [5, 5.41) is 23.5. The summed E-state index contributed by atoms with van der Waals surface area (Å²) < 4.78 is 1.25. The first kappa shape index (κ1) is 9.62. The van der Waals surface area contributed by atoms with Gasteiger partial charge in [0.2, 0.25) is 0 Å². The van der Waals surface area contributed by atoms with E-state index in [-0.39, 0.29) is 17.9 Å². The molecule has 1 rings (SSSR count). The van der Waals surface area contributed by atoms with Gasteiger partial charge in [-0.3, -0.25) is 14.8 Å². The fraction of sp³-hybridized carbons (Fsp3) is 0.500. The van der Waals surface area contributed by atoms with Gasteiger partial charge in [-0.25, -0.2) is 0 Å². The summed E-state index contributed by atoms with van der Waals surface area (Å²) in [6.45, 7) is -0.0691. The highest BCUT2D eigenvalue weighted by Crippen LogP contribution is 2.22. The van der Waals surface area contributed by atoms with Crippen LogP contribution in [0, 0.1) is 10.1 Å². The quantitative estimate of drug-likeness (QED) is 0.480. The summed E-state index contributed by atoms with van der Waals surface area (Å²) in [5.74, 6) is 0. The summed E-state index contributed by atoms with van der Waals surface area (Å²) >= 11 is 0. The van der Waals surface area contributed by atoms with E-state index < -0.39 is 11.0 Å². The molecule has 7 nitrogen and oxygen atoms in total. The minimum Gasteiger partial charge on any atom is -0.385 e. The minimum atomic E-state index is -1.05. The molecule has 0 fully saturated rings. The molecule has 0 amide bonds. The Morgan fingerprint density at radius 3 is 3.00 bits per heavy atom. The van der Waals surface area contributed by atoms with Crippen molar-refractivity contribution in [1.29, 1.82) is 0 Å². The van der Waals surface area contributed by atoms with Gasteiger partial charge < -0.3 is 10.8 Å². The Morgan fingerprint density at radius 2 is 2.54 bits per heavy atom. The molecule has 3 N–H and O–H groups in total. The van der Waals surface area contributed by atoms with E-state index in [4.69, 9.17) is 5.73 Å². The Hall–Kier alpha value is -1.47. The highest BCUT2D eigenvalue weighted by Gasteiger charge is 2.24. The normalized spacial score (nSPS) is 12.8. The largest absolute Gasteiger partial charge is 0.385 e. The van der Waals surface area contributed by atoms with Crippen LogP contribution in [-0.4, -0.2) is 26.4 Å². The maximum atomic E-state index is 10.5. The zero-order valence-electron chi connectivity index (χ0n) is 7.04. The van der Waals surface area contributed by atoms with Gasteiger partial charge in [0.1, 0.15) is 18.0 Å². The van der Waals surface area contributed by atoms with Gasteiger partial charge in [-0.1, -0.05) is 0 Å². The van der Waals surface area contributed by atoms with Crippen molar-refractivity contribution < 1.29 is 10.0 Å². The van der Waals surface area contributed by atoms with Crippen LogP contribution < -0.4 is 5.73 Å². The van der Waals surface area contributed by atoms with Crippen LogP contribution >= 0.6 is 0 Å². The molecule has 1 atom stereocenters. The molecule has 0 spiro atoms. The molecule has 0 aliphatic heterocycles. The molecule has 0 aromatic carbocycles. The van der Waals surface area contributed by atoms with Crippen LogP contribution in [0.5, 0.6) is 0 Å². The maximum Gasteiger partial charge on any atom is 0.312 e. The van der Waals surface area contributed by atoms with Crippen molar-refractivity contribution in [1.82, 2.24) is 9.78 Å². The van der Waals surface area contributed by atoms with Gasteiger partial charge in [-0.15, -0.1) is 0 Å². The van der Waals surface area contributed by atoms with Crippen LogP contribution in [0.2, 0.25) is 0 Å². The highest BCUT2D eigenvalue weighted by atomic mass is 16.6. The standard InChI is InChI=1S/C6H10N4O3/c1-9-6(5(11)2-7)4(3-8-9)10(12)13/h3,5,11H,2,7H2,1H3/t5-/m1/s1. The van der Waals surface area contributed by atoms with Crippen molar-refractivity contribution >= 4 is 5.69 Å². The molecular weight excluding hydrogens is 176 g/mol. The number of aliphatic hydroxyl groups is 1. The molecule has 0 radical (unpaired) electrons. The van der Waals surface area contributed by atoms with Gasteiger partial charge in [0.25, 0.3) is 0 Å². The first-order valence-electron chi connectivity index (χ1n) is 3.62. The lowest BCUT2D eigenvalue weighted by molar-refractivity contribution is -0.386. The molecule has 7 heteroatoms. The van der Waals surface area contributed by atoms with Gasteiger partial charge in [0, 0.05) is 13.6 Å². The summed E-state index contributed by atoms with van der Waals surface area (Å²) in [5.41, 5.74) is 5.11.